The van der Waals surface area contributed by atoms with Gasteiger partial charge in [-0.15, -0.1) is 0 Å². The highest BCUT2D eigenvalue weighted by atomic mass is 32.2. The lowest BCUT2D eigenvalue weighted by Crippen LogP contribution is -2.25. The van der Waals surface area contributed by atoms with Crippen LogP contribution in [0.25, 0.3) is 0 Å². The summed E-state index contributed by atoms with van der Waals surface area (Å²) in [5, 5.41) is 0. The van der Waals surface area contributed by atoms with Crippen LogP contribution in [0.3, 0.4) is 0 Å². The van der Waals surface area contributed by atoms with E-state index in [0.717, 1.165) is 5.56 Å². The van der Waals surface area contributed by atoms with Crippen molar-refractivity contribution >= 4 is 16.7 Å². The van der Waals surface area contributed by atoms with Crippen LogP contribution in [-0.2, 0) is 10.0 Å². The minimum Gasteiger partial charge on any atom is -0.269 e. The van der Waals surface area contributed by atoms with E-state index in [1.807, 2.05) is 12.1 Å². The zero-order chi connectivity index (χ0) is 15.9. The number of allylic oxidation sites excluding steroid dienone is 2. The van der Waals surface area contributed by atoms with Gasteiger partial charge in [-0.05, 0) is 36.4 Å². The number of nitrogens with one attached hydrogen (secondary N) is 1. The van der Waals surface area contributed by atoms with Crippen molar-refractivity contribution in [2.45, 2.75) is 31.1 Å². The molecule has 1 aromatic rings. The Kier molecular flexibility index (Phi) is 6.52. The molecule has 0 bridgehead atoms. The van der Waals surface area contributed by atoms with Crippen molar-refractivity contribution in [1.82, 2.24) is 4.72 Å². The number of hydrogen-bond acceptors (Lipinski definition) is 3. The smallest absolute Gasteiger partial charge is 0.240 e. The molecule has 0 saturated heterocycles. The van der Waals surface area contributed by atoms with Crippen molar-refractivity contribution in [3.8, 4) is 0 Å². The maximum atomic E-state index is 12.1. The molecule has 5 heteroatoms. The Morgan fingerprint density at radius 3 is 2.43 bits per heavy atom. The highest BCUT2D eigenvalue weighted by Crippen LogP contribution is 2.17. The molecule has 0 spiro atoms. The van der Waals surface area contributed by atoms with E-state index in [4.69, 9.17) is 0 Å². The lowest BCUT2D eigenvalue weighted by molar-refractivity contribution is 0.581. The first-order chi connectivity index (χ1) is 9.90. The summed E-state index contributed by atoms with van der Waals surface area (Å²) in [5.74, 6) is 0.375. The number of hydrogen-bond donors (Lipinski definition) is 1. The van der Waals surface area contributed by atoms with Crippen LogP contribution in [0.1, 0.15) is 31.7 Å². The molecular formula is C16H22N2O2S. The highest BCUT2D eigenvalue weighted by Gasteiger charge is 2.13. The van der Waals surface area contributed by atoms with E-state index in [0.29, 0.717) is 18.0 Å². The Balaban J connectivity index is 2.71. The van der Waals surface area contributed by atoms with Gasteiger partial charge in [0.15, 0.2) is 0 Å². The Morgan fingerprint density at radius 1 is 1.33 bits per heavy atom. The largest absolute Gasteiger partial charge is 0.269 e. The van der Waals surface area contributed by atoms with Crippen molar-refractivity contribution in [2.75, 3.05) is 6.54 Å². The van der Waals surface area contributed by atoms with Crippen LogP contribution >= 0.6 is 0 Å². The van der Waals surface area contributed by atoms with E-state index in [2.05, 4.69) is 36.9 Å². The summed E-state index contributed by atoms with van der Waals surface area (Å²) >= 11 is 0. The average Bonchev–Trinajstić information content (AvgIpc) is 2.46. The molecule has 0 atom stereocenters. The van der Waals surface area contributed by atoms with Gasteiger partial charge in [-0.25, -0.2) is 13.1 Å². The molecular weight excluding hydrogens is 284 g/mol. The molecule has 0 aliphatic heterocycles. The predicted octanol–water partition coefficient (Wildman–Crippen LogP) is 3.25. The van der Waals surface area contributed by atoms with Crippen LogP contribution in [0, 0.1) is 0 Å². The second-order valence-corrected chi connectivity index (χ2v) is 6.69. The molecule has 0 saturated carbocycles. The van der Waals surface area contributed by atoms with Crippen LogP contribution in [0.2, 0.25) is 0 Å². The van der Waals surface area contributed by atoms with E-state index in [1.54, 1.807) is 24.3 Å². The van der Waals surface area contributed by atoms with Crippen LogP contribution < -0.4 is 4.72 Å². The molecule has 1 rings (SSSR count). The fraction of sp³-hybridized carbons (Fsp3) is 0.312. The van der Waals surface area contributed by atoms with E-state index in [1.165, 1.54) is 0 Å². The molecule has 114 valence electrons. The standard InChI is InChI=1S/C16H22N2O2S/c1-5-6-15(17-4)11-12-18-21(19,20)16-9-7-14(8-10-16)13(2)3/h5-10,13,18H,1,4,11-12H2,2-3H3/b15-6-. The number of aliphatic imine (C=N–C) groups is 1. The summed E-state index contributed by atoms with van der Waals surface area (Å²) in [5.41, 5.74) is 1.81. The van der Waals surface area contributed by atoms with Crippen LogP contribution in [-0.4, -0.2) is 21.7 Å². The number of benzene rings is 1. The summed E-state index contributed by atoms with van der Waals surface area (Å²) in [4.78, 5) is 4.08. The van der Waals surface area contributed by atoms with Gasteiger partial charge in [0.1, 0.15) is 0 Å². The molecule has 0 fully saturated rings. The molecule has 21 heavy (non-hydrogen) atoms. The van der Waals surface area contributed by atoms with E-state index in [-0.39, 0.29) is 11.4 Å². The third kappa shape index (κ3) is 5.28. The van der Waals surface area contributed by atoms with Crippen LogP contribution in [0.15, 0.2) is 58.6 Å². The quantitative estimate of drug-likeness (QED) is 0.592. The van der Waals surface area contributed by atoms with Gasteiger partial charge in [0, 0.05) is 18.7 Å². The van der Waals surface area contributed by atoms with E-state index in [9.17, 15) is 8.42 Å². The topological polar surface area (TPSA) is 58.5 Å². The van der Waals surface area contributed by atoms with Crippen molar-refractivity contribution in [1.29, 1.82) is 0 Å². The third-order valence-electron chi connectivity index (χ3n) is 3.04. The molecule has 0 unspecified atom stereocenters. The molecule has 1 N–H and O–H groups in total. The molecule has 0 aliphatic carbocycles. The van der Waals surface area contributed by atoms with Gasteiger partial charge in [0.25, 0.3) is 0 Å². The Hall–Kier alpha value is -1.72. The second-order valence-electron chi connectivity index (χ2n) is 4.92. The zero-order valence-corrected chi connectivity index (χ0v) is 13.4. The van der Waals surface area contributed by atoms with Gasteiger partial charge in [-0.3, -0.25) is 4.99 Å². The van der Waals surface area contributed by atoms with Gasteiger partial charge >= 0.3 is 0 Å². The van der Waals surface area contributed by atoms with Gasteiger partial charge in [0.05, 0.1) is 4.90 Å². The van der Waals surface area contributed by atoms with Crippen molar-refractivity contribution in [3.63, 3.8) is 0 Å². The summed E-state index contributed by atoms with van der Waals surface area (Å²) in [6, 6.07) is 6.94. The normalized spacial score (nSPS) is 12.4. The number of rotatable bonds is 8. The van der Waals surface area contributed by atoms with Gasteiger partial charge in [-0.1, -0.05) is 38.6 Å². The molecule has 0 amide bonds. The minimum atomic E-state index is -3.49. The fourth-order valence-electron chi connectivity index (χ4n) is 1.78. The third-order valence-corrected chi connectivity index (χ3v) is 4.52. The summed E-state index contributed by atoms with van der Waals surface area (Å²) in [6.45, 7) is 11.4. The van der Waals surface area contributed by atoms with E-state index < -0.39 is 10.0 Å². The van der Waals surface area contributed by atoms with E-state index >= 15 is 0 Å². The van der Waals surface area contributed by atoms with Gasteiger partial charge in [-0.2, -0.15) is 0 Å². The van der Waals surface area contributed by atoms with Crippen molar-refractivity contribution < 1.29 is 8.42 Å². The van der Waals surface area contributed by atoms with Crippen LogP contribution in [0.4, 0.5) is 0 Å². The van der Waals surface area contributed by atoms with Crippen molar-refractivity contribution in [3.05, 3.63) is 54.3 Å². The first-order valence-electron chi connectivity index (χ1n) is 6.78. The minimum absolute atomic E-state index is 0.271. The maximum absolute atomic E-state index is 12.1. The van der Waals surface area contributed by atoms with Crippen LogP contribution in [0.5, 0.6) is 0 Å². The number of sulfonamides is 1. The highest BCUT2D eigenvalue weighted by molar-refractivity contribution is 7.89. The molecule has 4 nitrogen and oxygen atoms in total. The lowest BCUT2D eigenvalue weighted by Gasteiger charge is -2.09. The average molecular weight is 306 g/mol. The monoisotopic (exact) mass is 306 g/mol. The molecule has 0 aromatic heterocycles. The first kappa shape index (κ1) is 17.3. The summed E-state index contributed by atoms with van der Waals surface area (Å²) < 4.78 is 26.8. The molecule has 0 heterocycles. The fourth-order valence-corrected chi connectivity index (χ4v) is 2.81. The maximum Gasteiger partial charge on any atom is 0.240 e. The Bertz CT molecular complexity index is 614. The SMILES string of the molecule is C=C/C=C(/CCNS(=O)(=O)c1ccc(C(C)C)cc1)N=C. The summed E-state index contributed by atoms with van der Waals surface area (Å²) in [7, 11) is -3.49. The Morgan fingerprint density at radius 2 is 1.95 bits per heavy atom. The molecule has 0 radical (unpaired) electrons. The zero-order valence-electron chi connectivity index (χ0n) is 12.5. The molecule has 0 aliphatic rings. The summed E-state index contributed by atoms with van der Waals surface area (Å²) in [6.07, 6.45) is 3.78. The molecule has 1 aromatic carbocycles. The van der Waals surface area contributed by atoms with Gasteiger partial charge < -0.3 is 0 Å². The van der Waals surface area contributed by atoms with Gasteiger partial charge in [0.2, 0.25) is 10.0 Å². The Labute approximate surface area is 127 Å². The number of nitrogens with zero attached hydrogens (tertiary/aromatic N) is 1. The lowest BCUT2D eigenvalue weighted by atomic mass is 10.0. The van der Waals surface area contributed by atoms with Crippen molar-refractivity contribution in [2.24, 2.45) is 4.99 Å². The predicted molar refractivity (Wildman–Crippen MR) is 88.2 cm³/mol. The second kappa shape index (κ2) is 7.90. The first-order valence-corrected chi connectivity index (χ1v) is 8.27.